The van der Waals surface area contributed by atoms with Crippen LogP contribution < -0.4 is 4.74 Å². The average molecular weight is 334 g/mol. The Balaban J connectivity index is 1.51. The molecule has 0 fully saturated rings. The van der Waals surface area contributed by atoms with E-state index in [1.165, 1.54) is 22.0 Å². The summed E-state index contributed by atoms with van der Waals surface area (Å²) in [5.41, 5.74) is 1.83. The first-order chi connectivity index (χ1) is 12.3. The van der Waals surface area contributed by atoms with Gasteiger partial charge in [-0.2, -0.15) is 0 Å². The van der Waals surface area contributed by atoms with Crippen LogP contribution in [0.3, 0.4) is 0 Å². The van der Waals surface area contributed by atoms with E-state index in [0.29, 0.717) is 17.0 Å². The molecule has 10 heteroatoms. The van der Waals surface area contributed by atoms with Crippen molar-refractivity contribution in [2.45, 2.75) is 0 Å². The molecule has 2 aromatic carbocycles. The van der Waals surface area contributed by atoms with Crippen LogP contribution in [0.25, 0.3) is 11.4 Å². The summed E-state index contributed by atoms with van der Waals surface area (Å²) in [6.07, 6.45) is 2.93. The Morgan fingerprint density at radius 2 is 1.52 bits per heavy atom. The summed E-state index contributed by atoms with van der Waals surface area (Å²) in [6, 6.07) is 13.6. The van der Waals surface area contributed by atoms with Crippen molar-refractivity contribution in [3.8, 4) is 17.1 Å². The third-order valence-electron chi connectivity index (χ3n) is 3.36. The highest BCUT2D eigenvalue weighted by molar-refractivity contribution is 5.91. The zero-order valence-corrected chi connectivity index (χ0v) is 12.7. The maximum absolute atomic E-state index is 12.3. The number of rotatable bonds is 4. The molecule has 0 aliphatic carbocycles. The van der Waals surface area contributed by atoms with Crippen molar-refractivity contribution in [2.24, 2.45) is 0 Å². The first-order valence-corrected chi connectivity index (χ1v) is 7.19. The molecular weight excluding hydrogens is 324 g/mol. The lowest BCUT2D eigenvalue weighted by atomic mass is 10.2. The predicted molar refractivity (Wildman–Crippen MR) is 83.3 cm³/mol. The average Bonchev–Trinajstić information content (AvgIpc) is 3.36. The number of ether oxygens (including phenoxy) is 1. The van der Waals surface area contributed by atoms with Crippen LogP contribution in [0.15, 0.2) is 61.2 Å². The molecule has 4 aromatic rings. The van der Waals surface area contributed by atoms with Crippen LogP contribution in [0.2, 0.25) is 0 Å². The van der Waals surface area contributed by atoms with Gasteiger partial charge in [0.15, 0.2) is 0 Å². The second-order valence-electron chi connectivity index (χ2n) is 4.94. The van der Waals surface area contributed by atoms with E-state index in [9.17, 15) is 4.79 Å². The third kappa shape index (κ3) is 3.08. The monoisotopic (exact) mass is 334 g/mol. The number of aromatic nitrogens is 8. The predicted octanol–water partition coefficient (Wildman–Crippen LogP) is 0.857. The topological polar surface area (TPSA) is 114 Å². The van der Waals surface area contributed by atoms with Crippen molar-refractivity contribution in [3.05, 3.63) is 66.7 Å². The first-order valence-electron chi connectivity index (χ1n) is 7.19. The number of esters is 1. The maximum atomic E-state index is 12.3. The summed E-state index contributed by atoms with van der Waals surface area (Å²) in [5.74, 6) is -0.0836. The molecule has 0 atom stereocenters. The normalized spacial score (nSPS) is 10.6. The van der Waals surface area contributed by atoms with Crippen LogP contribution in [0.5, 0.6) is 5.75 Å². The van der Waals surface area contributed by atoms with Gasteiger partial charge in [-0.1, -0.05) is 6.07 Å². The molecule has 4 rings (SSSR count). The Bertz CT molecular complexity index is 981. The fourth-order valence-corrected chi connectivity index (χ4v) is 2.16. The molecule has 25 heavy (non-hydrogen) atoms. The molecule has 0 amide bonds. The second-order valence-corrected chi connectivity index (χ2v) is 4.94. The number of carbonyl (C=O) groups is 1. The van der Waals surface area contributed by atoms with Gasteiger partial charge in [-0.25, -0.2) is 14.2 Å². The van der Waals surface area contributed by atoms with Gasteiger partial charge in [-0.15, -0.1) is 10.2 Å². The minimum absolute atomic E-state index is 0.391. The summed E-state index contributed by atoms with van der Waals surface area (Å²) in [6.45, 7) is 0. The number of carbonyl (C=O) groups excluding carboxylic acids is 1. The van der Waals surface area contributed by atoms with E-state index in [4.69, 9.17) is 4.74 Å². The molecule has 10 nitrogen and oxygen atoms in total. The quantitative estimate of drug-likeness (QED) is 0.399. The molecule has 0 aliphatic rings. The maximum Gasteiger partial charge on any atom is 0.343 e. The molecule has 122 valence electrons. The molecule has 2 aromatic heterocycles. The van der Waals surface area contributed by atoms with Gasteiger partial charge in [0.1, 0.15) is 18.4 Å². The summed E-state index contributed by atoms with van der Waals surface area (Å²) >= 11 is 0. The molecule has 0 N–H and O–H groups in total. The fraction of sp³-hybridized carbons (Fsp3) is 0. The van der Waals surface area contributed by atoms with Gasteiger partial charge in [0, 0.05) is 6.07 Å². The van der Waals surface area contributed by atoms with E-state index in [1.807, 2.05) is 0 Å². The molecule has 0 saturated heterocycles. The molecule has 0 bridgehead atoms. The third-order valence-corrected chi connectivity index (χ3v) is 3.36. The Hall–Kier alpha value is -3.95. The van der Waals surface area contributed by atoms with Crippen molar-refractivity contribution in [1.82, 2.24) is 40.4 Å². The Kier molecular flexibility index (Phi) is 3.67. The van der Waals surface area contributed by atoms with Crippen molar-refractivity contribution in [3.63, 3.8) is 0 Å². The summed E-state index contributed by atoms with van der Waals surface area (Å²) < 4.78 is 8.36. The van der Waals surface area contributed by atoms with Crippen LogP contribution in [0, 0.1) is 0 Å². The Morgan fingerprint density at radius 1 is 0.840 bits per heavy atom. The molecular formula is C15H10N8O2. The van der Waals surface area contributed by atoms with E-state index in [2.05, 4.69) is 31.1 Å². The van der Waals surface area contributed by atoms with Gasteiger partial charge in [-0.05, 0) is 57.3 Å². The Labute approximate surface area is 140 Å². The highest BCUT2D eigenvalue weighted by atomic mass is 16.5. The van der Waals surface area contributed by atoms with Crippen LogP contribution in [-0.4, -0.2) is 46.4 Å². The molecule has 0 saturated carbocycles. The Morgan fingerprint density at radius 3 is 2.16 bits per heavy atom. The van der Waals surface area contributed by atoms with E-state index < -0.39 is 5.97 Å². The molecule has 0 radical (unpaired) electrons. The lowest BCUT2D eigenvalue weighted by Crippen LogP contribution is -2.09. The van der Waals surface area contributed by atoms with Gasteiger partial charge in [0.25, 0.3) is 0 Å². The van der Waals surface area contributed by atoms with Gasteiger partial charge < -0.3 is 4.74 Å². The number of hydrogen-bond acceptors (Lipinski definition) is 8. The number of hydrogen-bond donors (Lipinski definition) is 0. The van der Waals surface area contributed by atoms with Gasteiger partial charge in [-0.3, -0.25) is 0 Å². The van der Waals surface area contributed by atoms with Crippen LogP contribution >= 0.6 is 0 Å². The standard InChI is InChI=1S/C15H10N8O2/c24-15(11-4-6-12(7-5-11)22-9-16-18-20-22)25-14-3-1-2-13(8-14)23-10-17-19-21-23/h1-10H. The SMILES string of the molecule is O=C(Oc1cccc(-n2cnnn2)c1)c1ccc(-n2cnnn2)cc1. The van der Waals surface area contributed by atoms with Gasteiger partial charge in [0.05, 0.1) is 16.9 Å². The zero-order valence-electron chi connectivity index (χ0n) is 12.7. The minimum Gasteiger partial charge on any atom is -0.423 e. The number of tetrazole rings is 2. The summed E-state index contributed by atoms with van der Waals surface area (Å²) in [5, 5.41) is 21.9. The first kappa shape index (κ1) is 14.6. The van der Waals surface area contributed by atoms with Crippen molar-refractivity contribution in [1.29, 1.82) is 0 Å². The van der Waals surface area contributed by atoms with E-state index >= 15 is 0 Å². The van der Waals surface area contributed by atoms with E-state index in [-0.39, 0.29) is 0 Å². The molecule has 2 heterocycles. The summed E-state index contributed by atoms with van der Waals surface area (Å²) in [7, 11) is 0. The highest BCUT2D eigenvalue weighted by Crippen LogP contribution is 2.17. The minimum atomic E-state index is -0.475. The molecule has 0 aliphatic heterocycles. The molecule has 0 unspecified atom stereocenters. The molecule has 0 spiro atoms. The van der Waals surface area contributed by atoms with Crippen LogP contribution in [0.1, 0.15) is 10.4 Å². The largest absolute Gasteiger partial charge is 0.423 e. The van der Waals surface area contributed by atoms with E-state index in [1.54, 1.807) is 48.5 Å². The fourth-order valence-electron chi connectivity index (χ4n) is 2.16. The van der Waals surface area contributed by atoms with Gasteiger partial charge in [0.2, 0.25) is 0 Å². The van der Waals surface area contributed by atoms with Gasteiger partial charge >= 0.3 is 5.97 Å². The zero-order chi connectivity index (χ0) is 17.1. The lowest BCUT2D eigenvalue weighted by Gasteiger charge is -2.07. The number of benzene rings is 2. The van der Waals surface area contributed by atoms with Crippen molar-refractivity contribution < 1.29 is 9.53 Å². The smallest absolute Gasteiger partial charge is 0.343 e. The highest BCUT2D eigenvalue weighted by Gasteiger charge is 2.10. The summed E-state index contributed by atoms with van der Waals surface area (Å²) in [4.78, 5) is 12.3. The van der Waals surface area contributed by atoms with Crippen LogP contribution in [0.4, 0.5) is 0 Å². The van der Waals surface area contributed by atoms with Crippen molar-refractivity contribution in [2.75, 3.05) is 0 Å². The lowest BCUT2D eigenvalue weighted by molar-refractivity contribution is 0.0735. The number of nitrogens with zero attached hydrogens (tertiary/aromatic N) is 8. The van der Waals surface area contributed by atoms with Crippen molar-refractivity contribution >= 4 is 5.97 Å². The van der Waals surface area contributed by atoms with E-state index in [0.717, 1.165) is 5.69 Å². The van der Waals surface area contributed by atoms with Crippen LogP contribution in [-0.2, 0) is 0 Å². The second kappa shape index (κ2) is 6.28.